The third kappa shape index (κ3) is 22.6. The summed E-state index contributed by atoms with van der Waals surface area (Å²) in [6, 6.07) is 0. The summed E-state index contributed by atoms with van der Waals surface area (Å²) in [4.78, 5) is 88.3. The van der Waals surface area contributed by atoms with E-state index in [-0.39, 0.29) is 41.6 Å². The topological polar surface area (TPSA) is 364 Å². The number of nitrogens with zero attached hydrogens (tertiary/aromatic N) is 4. The van der Waals surface area contributed by atoms with Crippen molar-refractivity contribution in [2.75, 3.05) is 37.8 Å². The molecule has 3 heterocycles. The van der Waals surface area contributed by atoms with Gasteiger partial charge in [0.15, 0.2) is 22.8 Å². The van der Waals surface area contributed by atoms with E-state index >= 15 is 0 Å². The third-order valence-electron chi connectivity index (χ3n) is 9.97. The number of hydrogen-bond donors (Lipinski definition) is 9. The molecule has 2 amide bonds. The van der Waals surface area contributed by atoms with Gasteiger partial charge in [-0.1, -0.05) is 94.0 Å². The number of carbonyl (C=O) groups excluding carboxylic acids is 3. The fourth-order valence-corrected chi connectivity index (χ4v) is 9.84. The molecular formula is C41H66N7O17P3S. The number of aliphatic hydroxyl groups is 2. The van der Waals surface area contributed by atoms with Gasteiger partial charge in [0.1, 0.15) is 36.3 Å². The summed E-state index contributed by atoms with van der Waals surface area (Å²) < 4.78 is 62.4. The highest BCUT2D eigenvalue weighted by atomic mass is 32.2. The molecule has 0 saturated carbocycles. The number of anilines is 1. The maximum absolute atomic E-state index is 12.7. The van der Waals surface area contributed by atoms with Crippen molar-refractivity contribution in [1.29, 1.82) is 0 Å². The first-order valence-corrected chi connectivity index (χ1v) is 27.7. The molecule has 0 radical (unpaired) electrons. The molecule has 24 nitrogen and oxygen atoms in total. The van der Waals surface area contributed by atoms with Crippen LogP contribution >= 0.6 is 35.2 Å². The van der Waals surface area contributed by atoms with E-state index in [9.17, 15) is 57.9 Å². The van der Waals surface area contributed by atoms with Gasteiger partial charge in [0.2, 0.25) is 11.8 Å². The molecule has 7 atom stereocenters. The van der Waals surface area contributed by atoms with Crippen LogP contribution in [0.1, 0.15) is 97.6 Å². The number of rotatable bonds is 33. The van der Waals surface area contributed by atoms with Crippen molar-refractivity contribution in [3.05, 3.63) is 61.3 Å². The first-order chi connectivity index (χ1) is 32.6. The van der Waals surface area contributed by atoms with Crippen LogP contribution in [-0.2, 0) is 50.7 Å². The fourth-order valence-electron chi connectivity index (χ4n) is 6.29. The van der Waals surface area contributed by atoms with Crippen molar-refractivity contribution in [1.82, 2.24) is 30.2 Å². The number of phosphoric acid groups is 3. The third-order valence-corrected chi connectivity index (χ3v) is 14.0. The first kappa shape index (κ1) is 59.8. The fraction of sp³-hybridized carbons (Fsp3) is 0.610. The van der Waals surface area contributed by atoms with Crippen LogP contribution in [0.5, 0.6) is 0 Å². The number of thioether (sulfide) groups is 1. The lowest BCUT2D eigenvalue weighted by atomic mass is 9.87. The van der Waals surface area contributed by atoms with Gasteiger partial charge >= 0.3 is 23.5 Å². The second-order valence-electron chi connectivity index (χ2n) is 16.3. The van der Waals surface area contributed by atoms with Crippen molar-refractivity contribution in [2.45, 2.75) is 122 Å². The van der Waals surface area contributed by atoms with E-state index in [2.05, 4.69) is 90.0 Å². The molecule has 1 aliphatic rings. The van der Waals surface area contributed by atoms with Crippen molar-refractivity contribution in [3.8, 4) is 0 Å². The van der Waals surface area contributed by atoms with Crippen molar-refractivity contribution >= 4 is 69.1 Å². The summed E-state index contributed by atoms with van der Waals surface area (Å²) in [6.45, 7) is 2.71. The Labute approximate surface area is 405 Å². The number of unbranched alkanes of at least 4 members (excludes halogenated alkanes) is 4. The number of phosphoric ester groups is 3. The van der Waals surface area contributed by atoms with Gasteiger partial charge in [-0.25, -0.2) is 28.6 Å². The lowest BCUT2D eigenvalue weighted by Gasteiger charge is -2.30. The molecule has 2 aromatic rings. The summed E-state index contributed by atoms with van der Waals surface area (Å²) in [5.41, 5.74) is 4.27. The molecular weight excluding hydrogens is 987 g/mol. The largest absolute Gasteiger partial charge is 0.481 e. The van der Waals surface area contributed by atoms with E-state index < -0.39 is 84.6 Å². The smallest absolute Gasteiger partial charge is 0.386 e. The van der Waals surface area contributed by atoms with E-state index in [1.165, 1.54) is 33.1 Å². The summed E-state index contributed by atoms with van der Waals surface area (Å²) in [5.74, 6) is -1.09. The van der Waals surface area contributed by atoms with E-state index in [1.54, 1.807) is 0 Å². The number of ether oxygens (including phenoxy) is 1. The molecule has 1 saturated heterocycles. The van der Waals surface area contributed by atoms with Crippen LogP contribution in [0, 0.1) is 5.41 Å². The van der Waals surface area contributed by atoms with E-state index in [0.29, 0.717) is 18.6 Å². The van der Waals surface area contributed by atoms with Crippen LogP contribution in [0.15, 0.2) is 61.3 Å². The second-order valence-corrected chi connectivity index (χ2v) is 21.7. The van der Waals surface area contributed by atoms with Crippen LogP contribution in [0.4, 0.5) is 5.82 Å². The lowest BCUT2D eigenvalue weighted by Crippen LogP contribution is -2.46. The van der Waals surface area contributed by atoms with Gasteiger partial charge in [0, 0.05) is 37.1 Å². The second kappa shape index (κ2) is 29.8. The normalized spacial score (nSPS) is 20.3. The number of nitrogens with one attached hydrogen (secondary N) is 2. The molecule has 28 heteroatoms. The van der Waals surface area contributed by atoms with Crippen LogP contribution in [0.25, 0.3) is 11.2 Å². The number of imidazole rings is 1. The SMILES string of the molecule is CCCCCC=CCC=CCC=CCC=CCCCC(=O)SCCNC(=O)CCNC(=O)C(O)C(C)(C)COP(=O)(O)OP(=O)(O)OCC1OC(n2cnc3c(N)ncnc32)C(O)C1OP(=O)(O)O. The maximum Gasteiger partial charge on any atom is 0.481 e. The monoisotopic (exact) mass is 1050 g/mol. The highest BCUT2D eigenvalue weighted by Crippen LogP contribution is 2.61. The minimum Gasteiger partial charge on any atom is -0.386 e. The zero-order valence-electron chi connectivity index (χ0n) is 38.8. The highest BCUT2D eigenvalue weighted by Gasteiger charge is 2.50. The number of nitrogen functional groups attached to an aromatic ring is 1. The lowest BCUT2D eigenvalue weighted by molar-refractivity contribution is -0.137. The predicted octanol–water partition coefficient (Wildman–Crippen LogP) is 4.81. The molecule has 388 valence electrons. The number of carbonyl (C=O) groups is 3. The Morgan fingerprint density at radius 2 is 1.51 bits per heavy atom. The van der Waals surface area contributed by atoms with Crippen LogP contribution < -0.4 is 16.4 Å². The Balaban J connectivity index is 1.31. The van der Waals surface area contributed by atoms with Gasteiger partial charge in [0.25, 0.3) is 0 Å². The number of nitrogens with two attached hydrogens (primary N) is 1. The van der Waals surface area contributed by atoms with Gasteiger partial charge in [-0.3, -0.25) is 32.5 Å². The zero-order valence-corrected chi connectivity index (χ0v) is 42.3. The van der Waals surface area contributed by atoms with Crippen LogP contribution in [-0.4, -0.2) is 123 Å². The van der Waals surface area contributed by atoms with E-state index in [1.807, 2.05) is 0 Å². The number of fused-ring (bicyclic) bond motifs is 1. The zero-order chi connectivity index (χ0) is 51.1. The van der Waals surface area contributed by atoms with Crippen molar-refractivity contribution < 1.29 is 80.5 Å². The van der Waals surface area contributed by atoms with Gasteiger partial charge < -0.3 is 50.9 Å². The Bertz CT molecular complexity index is 2220. The van der Waals surface area contributed by atoms with Gasteiger partial charge in [0.05, 0.1) is 19.5 Å². The van der Waals surface area contributed by atoms with E-state index in [0.717, 1.165) is 61.1 Å². The average Bonchev–Trinajstić information content (AvgIpc) is 3.84. The van der Waals surface area contributed by atoms with Gasteiger partial charge in [-0.15, -0.1) is 0 Å². The minimum absolute atomic E-state index is 0.0112. The number of aliphatic hydroxyl groups excluding tert-OH is 2. The first-order valence-electron chi connectivity index (χ1n) is 22.2. The van der Waals surface area contributed by atoms with Gasteiger partial charge in [-0.05, 0) is 44.9 Å². The molecule has 0 aliphatic carbocycles. The summed E-state index contributed by atoms with van der Waals surface area (Å²) >= 11 is 1.11. The molecule has 2 aromatic heterocycles. The number of allylic oxidation sites excluding steroid dienone is 8. The Morgan fingerprint density at radius 1 is 0.884 bits per heavy atom. The predicted molar refractivity (Wildman–Crippen MR) is 256 cm³/mol. The van der Waals surface area contributed by atoms with Crippen molar-refractivity contribution in [2.24, 2.45) is 5.41 Å². The molecule has 1 aliphatic heterocycles. The number of aromatic nitrogens is 4. The molecule has 10 N–H and O–H groups in total. The average molecular weight is 1050 g/mol. The molecule has 0 aromatic carbocycles. The molecule has 7 unspecified atom stereocenters. The van der Waals surface area contributed by atoms with Gasteiger partial charge in [-0.2, -0.15) is 4.31 Å². The summed E-state index contributed by atoms with van der Waals surface area (Å²) in [5, 5.41) is 26.6. The van der Waals surface area contributed by atoms with Crippen LogP contribution in [0.3, 0.4) is 0 Å². The molecule has 69 heavy (non-hydrogen) atoms. The van der Waals surface area contributed by atoms with E-state index in [4.69, 9.17) is 19.5 Å². The molecule has 1 fully saturated rings. The standard InChI is InChI=1S/C41H66N7O17P3S/c1-4-5-6-7-8-9-10-11-12-13-14-15-16-17-18-19-20-21-32(50)69-25-24-43-31(49)22-23-44-39(53)36(52)41(2,3)27-62-68(59,60)65-67(57,58)61-26-30-35(64-66(54,55)56)34(51)40(63-30)48-29-47-33-37(42)45-28-46-38(33)48/h8-9,11-12,14-15,17-18,28-30,34-36,40,51-52H,4-7,10,13,16,19-27H2,1-3H3,(H,43,49)(H,44,53)(H,57,58)(H,59,60)(H2,42,45,46)(H2,54,55,56). The molecule has 3 rings (SSSR count). The highest BCUT2D eigenvalue weighted by molar-refractivity contribution is 8.13. The van der Waals surface area contributed by atoms with Crippen LogP contribution in [0.2, 0.25) is 0 Å². The molecule has 0 spiro atoms. The Morgan fingerprint density at radius 3 is 2.14 bits per heavy atom. The summed E-state index contributed by atoms with van der Waals surface area (Å²) in [6.07, 6.45) is 19.7. The Kier molecular flexibility index (Phi) is 25.8. The summed E-state index contributed by atoms with van der Waals surface area (Å²) in [7, 11) is -16.4. The maximum atomic E-state index is 12.7. The number of amides is 2. The quantitative estimate of drug-likeness (QED) is 0.0263. The Hall–Kier alpha value is -3.48. The van der Waals surface area contributed by atoms with Crippen molar-refractivity contribution in [3.63, 3.8) is 0 Å². The molecule has 0 bridgehead atoms. The minimum atomic E-state index is -5.58. The number of hydrogen-bond acceptors (Lipinski definition) is 18.